The summed E-state index contributed by atoms with van der Waals surface area (Å²) in [7, 11) is -0.555. The molecular weight excluding hydrogens is 616 g/mol. The first-order valence-corrected chi connectivity index (χ1v) is 20.2. The summed E-state index contributed by atoms with van der Waals surface area (Å²) in [5.41, 5.74) is -0.563. The van der Waals surface area contributed by atoms with Gasteiger partial charge in [0.15, 0.2) is 8.32 Å². The zero-order chi connectivity index (χ0) is 35.9. The molecule has 2 unspecified atom stereocenters. The van der Waals surface area contributed by atoms with Crippen molar-refractivity contribution in [1.29, 1.82) is 0 Å². The van der Waals surface area contributed by atoms with Crippen LogP contribution in [0.25, 0.3) is 0 Å². The van der Waals surface area contributed by atoms with Crippen LogP contribution in [0.4, 0.5) is 0 Å². The van der Waals surface area contributed by atoms with Crippen LogP contribution >= 0.6 is 0 Å². The van der Waals surface area contributed by atoms with E-state index in [1.807, 2.05) is 45.1 Å². The maximum absolute atomic E-state index is 13.5. The first-order chi connectivity index (χ1) is 21.6. The standard InChI is InChI=1S/C37H64O9Si/c1-14-29(42-11)26(5)34-35(45-34)32(40)23(2)16-15-17-24(3)33-25(4)18-19-30(43-27(6)38)37(10,41)21-20-28(22-31(39)44-33)46-47(12,13)36(7,8)9/h15-19,23,25-26,28-30,32-35,40-41H,14,20-22H2,1-13H3/b16-15+,19-18+,24-17+/t23-,25+,26-,28-,29+,30+,32?,33?,34-,35-,37-/m1/s1. The van der Waals surface area contributed by atoms with Crippen molar-refractivity contribution in [3.8, 4) is 0 Å². The summed E-state index contributed by atoms with van der Waals surface area (Å²) < 4.78 is 29.8. The van der Waals surface area contributed by atoms with Gasteiger partial charge in [-0.3, -0.25) is 9.59 Å². The highest BCUT2D eigenvalue weighted by Gasteiger charge is 2.50. The van der Waals surface area contributed by atoms with Gasteiger partial charge in [-0.1, -0.05) is 72.8 Å². The van der Waals surface area contributed by atoms with Gasteiger partial charge < -0.3 is 33.6 Å². The largest absolute Gasteiger partial charge is 0.457 e. The van der Waals surface area contributed by atoms with E-state index in [2.05, 4.69) is 47.7 Å². The van der Waals surface area contributed by atoms with E-state index < -0.39 is 44.3 Å². The number of epoxide rings is 1. The second-order valence-corrected chi connectivity index (χ2v) is 20.3. The van der Waals surface area contributed by atoms with Crippen LogP contribution in [-0.4, -0.2) is 85.9 Å². The fourth-order valence-electron chi connectivity index (χ4n) is 6.00. The van der Waals surface area contributed by atoms with Gasteiger partial charge in [-0.05, 0) is 62.9 Å². The van der Waals surface area contributed by atoms with Crippen molar-refractivity contribution >= 4 is 20.3 Å². The molecule has 0 bridgehead atoms. The molecule has 2 aliphatic heterocycles. The fraction of sp³-hybridized carbons (Fsp3) is 0.784. The predicted molar refractivity (Wildman–Crippen MR) is 187 cm³/mol. The van der Waals surface area contributed by atoms with Crippen molar-refractivity contribution < 1.29 is 43.2 Å². The van der Waals surface area contributed by atoms with Crippen LogP contribution in [0.2, 0.25) is 18.1 Å². The zero-order valence-corrected chi connectivity index (χ0v) is 32.2. The number of methoxy groups -OCH3 is 1. The molecule has 2 rings (SSSR count). The van der Waals surface area contributed by atoms with Crippen molar-refractivity contribution in [2.75, 3.05) is 7.11 Å². The van der Waals surface area contributed by atoms with Gasteiger partial charge in [0.2, 0.25) is 0 Å². The molecule has 0 aromatic heterocycles. The molecule has 1 fully saturated rings. The van der Waals surface area contributed by atoms with Gasteiger partial charge in [0.1, 0.15) is 23.9 Å². The van der Waals surface area contributed by atoms with Crippen molar-refractivity contribution in [2.24, 2.45) is 17.8 Å². The normalized spacial score (nSPS) is 33.2. The Morgan fingerprint density at radius 1 is 1.19 bits per heavy atom. The Bertz CT molecular complexity index is 1120. The van der Waals surface area contributed by atoms with Crippen molar-refractivity contribution in [3.63, 3.8) is 0 Å². The second-order valence-electron chi connectivity index (χ2n) is 15.5. The molecule has 11 atom stereocenters. The average molecular weight is 681 g/mol. The number of aliphatic hydroxyl groups excluding tert-OH is 1. The van der Waals surface area contributed by atoms with Gasteiger partial charge in [-0.25, -0.2) is 0 Å². The summed E-state index contributed by atoms with van der Waals surface area (Å²) in [6.07, 6.45) is 8.01. The molecule has 0 aromatic carbocycles. The Labute approximate surface area is 285 Å². The summed E-state index contributed by atoms with van der Waals surface area (Å²) >= 11 is 0. The number of hydrogen-bond donors (Lipinski definition) is 2. The molecule has 1 saturated heterocycles. The highest BCUT2D eigenvalue weighted by molar-refractivity contribution is 6.74. The molecule has 0 amide bonds. The number of carbonyl (C=O) groups is 2. The molecule has 2 N–H and O–H groups in total. The van der Waals surface area contributed by atoms with Crippen LogP contribution < -0.4 is 0 Å². The summed E-state index contributed by atoms with van der Waals surface area (Å²) in [4.78, 5) is 25.5. The molecular formula is C37H64O9Si. The number of ether oxygens (including phenoxy) is 4. The van der Waals surface area contributed by atoms with Crippen LogP contribution in [0.3, 0.4) is 0 Å². The molecule has 0 saturated carbocycles. The third-order valence-corrected chi connectivity index (χ3v) is 14.9. The van der Waals surface area contributed by atoms with Crippen LogP contribution in [0.1, 0.15) is 94.9 Å². The number of aliphatic hydroxyl groups is 2. The van der Waals surface area contributed by atoms with E-state index in [-0.39, 0.29) is 59.9 Å². The van der Waals surface area contributed by atoms with Gasteiger partial charge in [0.25, 0.3) is 0 Å². The number of allylic oxidation sites excluding steroid dienone is 2. The Morgan fingerprint density at radius 2 is 1.83 bits per heavy atom. The van der Waals surface area contributed by atoms with Gasteiger partial charge in [-0.2, -0.15) is 0 Å². The molecule has 0 radical (unpaired) electrons. The molecule has 47 heavy (non-hydrogen) atoms. The highest BCUT2D eigenvalue weighted by atomic mass is 28.4. The Hall–Kier alpha value is -1.82. The molecule has 270 valence electrons. The molecule has 0 aromatic rings. The highest BCUT2D eigenvalue weighted by Crippen LogP contribution is 2.39. The van der Waals surface area contributed by atoms with E-state index in [1.54, 1.807) is 20.1 Å². The maximum atomic E-state index is 13.5. The third kappa shape index (κ3) is 11.9. The van der Waals surface area contributed by atoms with E-state index in [0.717, 1.165) is 12.0 Å². The molecule has 0 spiro atoms. The van der Waals surface area contributed by atoms with Crippen LogP contribution in [-0.2, 0) is 33.0 Å². The molecule has 0 aliphatic carbocycles. The predicted octanol–water partition coefficient (Wildman–Crippen LogP) is 6.68. The lowest BCUT2D eigenvalue weighted by atomic mass is 9.88. The topological polar surface area (TPSA) is 124 Å². The summed E-state index contributed by atoms with van der Waals surface area (Å²) in [5, 5.41) is 22.4. The van der Waals surface area contributed by atoms with E-state index in [1.165, 1.54) is 6.92 Å². The molecule has 2 aliphatic rings. The van der Waals surface area contributed by atoms with Gasteiger partial charge in [-0.15, -0.1) is 0 Å². The third-order valence-electron chi connectivity index (χ3n) is 10.3. The van der Waals surface area contributed by atoms with Gasteiger partial charge in [0, 0.05) is 31.8 Å². The van der Waals surface area contributed by atoms with E-state index in [0.29, 0.717) is 6.42 Å². The number of esters is 2. The minimum absolute atomic E-state index is 0.0349. The first-order valence-electron chi connectivity index (χ1n) is 17.3. The summed E-state index contributed by atoms with van der Waals surface area (Å²) in [6, 6.07) is 0. The molecule has 10 heteroatoms. The lowest BCUT2D eigenvalue weighted by Crippen LogP contribution is -2.46. The van der Waals surface area contributed by atoms with Crippen molar-refractivity contribution in [3.05, 3.63) is 36.0 Å². The fourth-order valence-corrected chi connectivity index (χ4v) is 7.39. The zero-order valence-electron chi connectivity index (χ0n) is 31.2. The second kappa shape index (κ2) is 17.2. The maximum Gasteiger partial charge on any atom is 0.308 e. The minimum Gasteiger partial charge on any atom is -0.457 e. The smallest absolute Gasteiger partial charge is 0.308 e. The van der Waals surface area contributed by atoms with E-state index in [9.17, 15) is 19.8 Å². The Kier molecular flexibility index (Phi) is 15.1. The SMILES string of the molecule is CC[C@H](OC)[C@@H](C)[C@H]1O[C@@H]1C(O)[C@H](C)/C=C/C=C(\C)C1OC(=O)C[C@H](O[Si](C)(C)C(C)(C)C)CC[C@@](C)(O)[C@@H](OC(C)=O)/C=C/[C@@H]1C. The monoisotopic (exact) mass is 680 g/mol. The quantitative estimate of drug-likeness (QED) is 0.0764. The summed E-state index contributed by atoms with van der Waals surface area (Å²) in [5.74, 6) is -1.14. The number of hydrogen-bond acceptors (Lipinski definition) is 9. The molecule has 2 heterocycles. The average Bonchev–Trinajstić information content (AvgIpc) is 3.76. The minimum atomic E-state index is -2.26. The van der Waals surface area contributed by atoms with Crippen LogP contribution in [0.15, 0.2) is 36.0 Å². The Morgan fingerprint density at radius 3 is 2.38 bits per heavy atom. The summed E-state index contributed by atoms with van der Waals surface area (Å²) in [6.45, 7) is 23.6. The number of carbonyl (C=O) groups excluding carboxylic acids is 2. The van der Waals surface area contributed by atoms with E-state index >= 15 is 0 Å². The Balaban J connectivity index is 2.31. The lowest BCUT2D eigenvalue weighted by Gasteiger charge is -2.40. The van der Waals surface area contributed by atoms with E-state index in [4.69, 9.17) is 23.4 Å². The lowest BCUT2D eigenvalue weighted by molar-refractivity contribution is -0.157. The van der Waals surface area contributed by atoms with Crippen LogP contribution in [0, 0.1) is 17.8 Å². The van der Waals surface area contributed by atoms with Crippen LogP contribution in [0.5, 0.6) is 0 Å². The number of rotatable bonds is 12. The molecule has 9 nitrogen and oxygen atoms in total. The van der Waals surface area contributed by atoms with Gasteiger partial charge in [0.05, 0.1) is 30.8 Å². The number of cyclic esters (lactones) is 1. The van der Waals surface area contributed by atoms with Crippen molar-refractivity contribution in [2.45, 2.75) is 161 Å². The first kappa shape index (κ1) is 41.3. The van der Waals surface area contributed by atoms with Crippen molar-refractivity contribution in [1.82, 2.24) is 0 Å². The van der Waals surface area contributed by atoms with Gasteiger partial charge >= 0.3 is 11.9 Å².